The van der Waals surface area contributed by atoms with E-state index in [1.54, 1.807) is 18.4 Å². The largest absolute Gasteiger partial charge is 0.396 e. The van der Waals surface area contributed by atoms with Crippen molar-refractivity contribution >= 4 is 17.4 Å². The van der Waals surface area contributed by atoms with Gasteiger partial charge in [-0.1, -0.05) is 57.1 Å². The fraction of sp³-hybridized carbons (Fsp3) is 0.708. The van der Waals surface area contributed by atoms with Crippen molar-refractivity contribution in [1.82, 2.24) is 4.98 Å². The highest BCUT2D eigenvalue weighted by atomic mass is 32.1. The molecule has 0 aliphatic rings. The Labute approximate surface area is 182 Å². The maximum atomic E-state index is 8.76. The molecular weight excluding hydrogens is 382 g/mol. The molecule has 5 heteroatoms. The number of aromatic nitrogens is 1. The molecule has 0 aliphatic carbocycles. The lowest BCUT2D eigenvalue weighted by Gasteiger charge is -2.16. The van der Waals surface area contributed by atoms with Crippen LogP contribution in [0.15, 0.2) is 23.1 Å². The minimum Gasteiger partial charge on any atom is -0.396 e. The molecule has 4 nitrogen and oxygen atoms in total. The Morgan fingerprint density at radius 1 is 1.07 bits per heavy atom. The Morgan fingerprint density at radius 3 is 2.31 bits per heavy atom. The molecule has 0 radical (unpaired) electrons. The van der Waals surface area contributed by atoms with E-state index in [9.17, 15) is 0 Å². The van der Waals surface area contributed by atoms with Gasteiger partial charge in [-0.3, -0.25) is 0 Å². The molecular formula is C24H41NO3S. The number of thiazole rings is 1. The zero-order chi connectivity index (χ0) is 21.2. The Balaban J connectivity index is 2.20. The first-order valence-corrected chi connectivity index (χ1v) is 12.0. The third-order valence-electron chi connectivity index (χ3n) is 4.95. The molecule has 0 saturated carbocycles. The molecule has 0 bridgehead atoms. The third-order valence-corrected chi connectivity index (χ3v) is 5.74. The van der Waals surface area contributed by atoms with E-state index in [0.29, 0.717) is 13.4 Å². The van der Waals surface area contributed by atoms with Crippen LogP contribution >= 0.6 is 11.3 Å². The van der Waals surface area contributed by atoms with Crippen LogP contribution in [0.2, 0.25) is 0 Å². The highest BCUT2D eigenvalue weighted by molar-refractivity contribution is 7.09. The second-order valence-electron chi connectivity index (χ2n) is 7.64. The summed E-state index contributed by atoms with van der Waals surface area (Å²) in [7, 11) is 1.66. The molecule has 0 aromatic carbocycles. The van der Waals surface area contributed by atoms with Gasteiger partial charge in [0.05, 0.1) is 16.8 Å². The monoisotopic (exact) mass is 423 g/mol. The van der Waals surface area contributed by atoms with Gasteiger partial charge in [-0.05, 0) is 51.2 Å². The second-order valence-corrected chi connectivity index (χ2v) is 8.71. The summed E-state index contributed by atoms with van der Waals surface area (Å²) in [6.07, 6.45) is 20.0. The van der Waals surface area contributed by atoms with E-state index in [2.05, 4.69) is 35.5 Å². The van der Waals surface area contributed by atoms with Crippen LogP contribution in [-0.2, 0) is 9.47 Å². The number of hydrogen-bond donors (Lipinski definition) is 1. The molecule has 0 aliphatic heterocycles. The number of allylic oxidation sites excluding steroid dienone is 1. The normalized spacial score (nSPS) is 13.4. The van der Waals surface area contributed by atoms with Crippen molar-refractivity contribution in [2.75, 3.05) is 20.5 Å². The Bertz CT molecular complexity index is 568. The van der Waals surface area contributed by atoms with Crippen LogP contribution in [0.4, 0.5) is 0 Å². The third kappa shape index (κ3) is 13.8. The number of rotatable bonds is 18. The van der Waals surface area contributed by atoms with Crippen molar-refractivity contribution in [3.63, 3.8) is 0 Å². The number of nitrogens with zero attached hydrogens (tertiary/aromatic N) is 1. The predicted molar refractivity (Wildman–Crippen MR) is 124 cm³/mol. The van der Waals surface area contributed by atoms with Gasteiger partial charge in [0.2, 0.25) is 0 Å². The van der Waals surface area contributed by atoms with Gasteiger partial charge in [0.25, 0.3) is 0 Å². The summed E-state index contributed by atoms with van der Waals surface area (Å²) < 4.78 is 11.0. The molecule has 1 N–H and O–H groups in total. The van der Waals surface area contributed by atoms with Crippen molar-refractivity contribution in [1.29, 1.82) is 0 Å². The van der Waals surface area contributed by atoms with Crippen LogP contribution < -0.4 is 0 Å². The van der Waals surface area contributed by atoms with Crippen molar-refractivity contribution < 1.29 is 14.6 Å². The van der Waals surface area contributed by atoms with Gasteiger partial charge in [0.1, 0.15) is 6.79 Å². The summed E-state index contributed by atoms with van der Waals surface area (Å²) in [4.78, 5) is 4.51. The Hall–Kier alpha value is -1.01. The first-order chi connectivity index (χ1) is 14.2. The van der Waals surface area contributed by atoms with E-state index < -0.39 is 0 Å². The average molecular weight is 424 g/mol. The standard InChI is InChI=1S/C24H41NO3S/c1-21(18-23-19-29-22(2)25-23)24(28-20-27-3)16-14-12-10-8-6-4-5-7-9-11-13-15-17-26/h12,14,18-19,24,26H,4-11,13,15-17,20H2,1-3H3/b14-12-,21-18+/t24-/m0/s1. The minimum absolute atomic E-state index is 0.0269. The van der Waals surface area contributed by atoms with Crippen LogP contribution in [0.5, 0.6) is 0 Å². The first-order valence-electron chi connectivity index (χ1n) is 11.1. The van der Waals surface area contributed by atoms with Gasteiger partial charge in [0.15, 0.2) is 0 Å². The molecule has 0 saturated heterocycles. The fourth-order valence-electron chi connectivity index (χ4n) is 3.26. The van der Waals surface area contributed by atoms with Crippen molar-refractivity contribution in [2.45, 2.75) is 90.6 Å². The van der Waals surface area contributed by atoms with Crippen LogP contribution in [0, 0.1) is 6.92 Å². The smallest absolute Gasteiger partial charge is 0.147 e. The number of ether oxygens (including phenoxy) is 2. The highest BCUT2D eigenvalue weighted by Crippen LogP contribution is 2.18. The zero-order valence-electron chi connectivity index (χ0n) is 18.7. The van der Waals surface area contributed by atoms with E-state index in [4.69, 9.17) is 14.6 Å². The summed E-state index contributed by atoms with van der Waals surface area (Å²) in [5, 5.41) is 11.9. The molecule has 1 aromatic heterocycles. The fourth-order valence-corrected chi connectivity index (χ4v) is 3.83. The van der Waals surface area contributed by atoms with Gasteiger partial charge in [-0.15, -0.1) is 11.3 Å². The van der Waals surface area contributed by atoms with E-state index in [-0.39, 0.29) is 6.10 Å². The summed E-state index contributed by atoms with van der Waals surface area (Å²) in [6, 6.07) is 0. The summed E-state index contributed by atoms with van der Waals surface area (Å²) in [5.74, 6) is 0. The van der Waals surface area contributed by atoms with Gasteiger partial charge in [0, 0.05) is 19.1 Å². The molecule has 0 spiro atoms. The second kappa shape index (κ2) is 17.8. The molecule has 1 heterocycles. The van der Waals surface area contributed by atoms with Crippen LogP contribution in [0.25, 0.3) is 6.08 Å². The Morgan fingerprint density at radius 2 is 1.72 bits per heavy atom. The quantitative estimate of drug-likeness (QED) is 0.162. The van der Waals surface area contributed by atoms with Gasteiger partial charge in [-0.2, -0.15) is 0 Å². The molecule has 1 aromatic rings. The maximum Gasteiger partial charge on any atom is 0.147 e. The topological polar surface area (TPSA) is 51.6 Å². The number of aliphatic hydroxyl groups excluding tert-OH is 1. The average Bonchev–Trinajstić information content (AvgIpc) is 3.12. The minimum atomic E-state index is 0.0269. The zero-order valence-corrected chi connectivity index (χ0v) is 19.5. The van der Waals surface area contributed by atoms with Crippen LogP contribution in [0.3, 0.4) is 0 Å². The summed E-state index contributed by atoms with van der Waals surface area (Å²) >= 11 is 1.67. The van der Waals surface area contributed by atoms with Crippen molar-refractivity contribution in [3.8, 4) is 0 Å². The molecule has 1 rings (SSSR count). The van der Waals surface area contributed by atoms with E-state index in [1.165, 1.54) is 56.9 Å². The number of hydrogen-bond acceptors (Lipinski definition) is 5. The Kier molecular flexibility index (Phi) is 16.0. The number of methoxy groups -OCH3 is 1. The lowest BCUT2D eigenvalue weighted by Crippen LogP contribution is -2.15. The van der Waals surface area contributed by atoms with Gasteiger partial charge in [-0.25, -0.2) is 4.98 Å². The van der Waals surface area contributed by atoms with Crippen LogP contribution in [-0.4, -0.2) is 36.7 Å². The lowest BCUT2D eigenvalue weighted by atomic mass is 10.0. The van der Waals surface area contributed by atoms with Crippen molar-refractivity contribution in [2.24, 2.45) is 0 Å². The van der Waals surface area contributed by atoms with Gasteiger partial charge >= 0.3 is 0 Å². The lowest BCUT2D eigenvalue weighted by molar-refractivity contribution is -0.0575. The summed E-state index contributed by atoms with van der Waals surface area (Å²) in [6.45, 7) is 4.78. The SMILES string of the molecule is COCO[C@@H](C/C=C\CCCCCCCCCCCO)/C(C)=C/c1csc(C)n1. The molecule has 0 unspecified atom stereocenters. The molecule has 1 atom stereocenters. The molecule has 166 valence electrons. The predicted octanol–water partition coefficient (Wildman–Crippen LogP) is 6.68. The number of aliphatic hydroxyl groups is 1. The van der Waals surface area contributed by atoms with E-state index in [1.807, 2.05) is 6.92 Å². The highest BCUT2D eigenvalue weighted by Gasteiger charge is 2.10. The van der Waals surface area contributed by atoms with E-state index in [0.717, 1.165) is 30.0 Å². The van der Waals surface area contributed by atoms with Crippen molar-refractivity contribution in [3.05, 3.63) is 33.8 Å². The van der Waals surface area contributed by atoms with E-state index >= 15 is 0 Å². The first kappa shape index (κ1) is 26.0. The number of aryl methyl sites for hydroxylation is 1. The van der Waals surface area contributed by atoms with Crippen LogP contribution in [0.1, 0.15) is 88.3 Å². The molecule has 0 fully saturated rings. The summed E-state index contributed by atoms with van der Waals surface area (Å²) in [5.41, 5.74) is 2.18. The maximum absolute atomic E-state index is 8.76. The van der Waals surface area contributed by atoms with Gasteiger partial charge < -0.3 is 14.6 Å². The molecule has 0 amide bonds. The molecule has 29 heavy (non-hydrogen) atoms. The number of unbranched alkanes of at least 4 members (excludes halogenated alkanes) is 9.